The monoisotopic (exact) mass is 1050 g/mol. The Bertz CT molecular complexity index is 3800. The lowest BCUT2D eigenvalue weighted by molar-refractivity contribution is -0.0501. The van der Waals surface area contributed by atoms with Crippen LogP contribution in [-0.2, 0) is 14.1 Å². The van der Waals surface area contributed by atoms with Crippen LogP contribution in [0.2, 0.25) is 0 Å². The average molecular weight is 1050 g/mol. The SMILES string of the molecule is CC(=O)c1ccc(Oc2ccc(OC(F)F)c(-c3nn(C)cc3NC(=O)c3cnn4cccnc34)c2)cc1.Cn1cc(NC(=O)c2cnn3cccnc23)c(-c2cc(Oc3cnn(C4CCC4O)c3)ccc2OC(F)F)n1. The molecule has 1 aliphatic rings. The molecule has 2 atom stereocenters. The van der Waals surface area contributed by atoms with Crippen molar-refractivity contribution >= 4 is 40.3 Å². The third-order valence-electron chi connectivity index (χ3n) is 11.9. The molecule has 1 fully saturated rings. The number of hydrogen-bond donors (Lipinski definition) is 3. The Morgan fingerprint density at radius 1 is 0.636 bits per heavy atom. The summed E-state index contributed by atoms with van der Waals surface area (Å²) in [5.41, 5.74) is 2.86. The lowest BCUT2D eigenvalue weighted by atomic mass is 9.89. The van der Waals surface area contributed by atoms with Gasteiger partial charge in [-0.2, -0.15) is 43.1 Å². The van der Waals surface area contributed by atoms with Crippen LogP contribution in [-0.4, -0.2) is 101 Å². The number of aliphatic hydroxyl groups excluding tert-OH is 1. The Hall–Kier alpha value is -9.98. The lowest BCUT2D eigenvalue weighted by Crippen LogP contribution is -2.33. The standard InChI is InChI=1S/C26H20F2N6O4.C25H22F2N8O4/c1-15(35)16-4-6-17(7-5-16)37-18-8-9-22(38-26(27)28)19(12-18)23-21(14-33(2)32-23)31-25(36)20-13-30-34-11-3-10-29-24(20)34;1-33-13-18(31-24(37)17-11-30-34-8-2-7-28-23(17)34)22(32-33)16-9-14(3-6-21(16)39-25(26)27)38-15-10-29-35(12-15)19-4-5-20(19)36/h3-14,26H,1-2H3,(H,31,36);2-3,6-13,19-20,25,36H,4-5H2,1H3,(H,31,37). The summed E-state index contributed by atoms with van der Waals surface area (Å²) in [4.78, 5) is 46.1. The number of carbonyl (C=O) groups is 3. The summed E-state index contributed by atoms with van der Waals surface area (Å²) in [6.07, 6.45) is 16.5. The molecule has 2 unspecified atom stereocenters. The number of nitrogens with one attached hydrogen (secondary N) is 2. The number of halogens is 4. The number of Topliss-reactive ketones (excluding diaryl/α,β-unsaturated/α-hetero) is 1. The molecule has 392 valence electrons. The molecule has 0 saturated heterocycles. The first kappa shape index (κ1) is 50.5. The fraction of sp³-hybridized carbons (Fsp3) is 0.176. The van der Waals surface area contributed by atoms with Crippen molar-refractivity contribution < 1.29 is 56.0 Å². The molecule has 10 aromatic rings. The van der Waals surface area contributed by atoms with Gasteiger partial charge in [0.15, 0.2) is 22.8 Å². The Morgan fingerprint density at radius 3 is 1.58 bits per heavy atom. The van der Waals surface area contributed by atoms with Gasteiger partial charge in [-0.15, -0.1) is 0 Å². The van der Waals surface area contributed by atoms with Crippen LogP contribution in [0.5, 0.6) is 34.5 Å². The van der Waals surface area contributed by atoms with Gasteiger partial charge in [0.25, 0.3) is 11.8 Å². The number of ether oxygens (including phenoxy) is 4. The van der Waals surface area contributed by atoms with Crippen LogP contribution in [0.4, 0.5) is 28.9 Å². The predicted octanol–water partition coefficient (Wildman–Crippen LogP) is 8.65. The highest BCUT2D eigenvalue weighted by molar-refractivity contribution is 6.10. The molecule has 2 amide bonds. The summed E-state index contributed by atoms with van der Waals surface area (Å²) < 4.78 is 81.7. The number of rotatable bonds is 16. The van der Waals surface area contributed by atoms with Crippen LogP contribution in [0.1, 0.15) is 56.9 Å². The molecule has 26 heteroatoms. The first-order valence-electron chi connectivity index (χ1n) is 23.3. The third-order valence-corrected chi connectivity index (χ3v) is 11.9. The number of hydrogen-bond acceptors (Lipinski definition) is 15. The summed E-state index contributed by atoms with van der Waals surface area (Å²) in [5.74, 6) is 0.00783. The highest BCUT2D eigenvalue weighted by atomic mass is 19.3. The molecule has 0 spiro atoms. The highest BCUT2D eigenvalue weighted by Crippen LogP contribution is 2.41. The molecule has 77 heavy (non-hydrogen) atoms. The zero-order chi connectivity index (χ0) is 53.9. The first-order chi connectivity index (χ1) is 37.1. The van der Waals surface area contributed by atoms with Crippen LogP contribution in [0.15, 0.2) is 135 Å². The highest BCUT2D eigenvalue weighted by Gasteiger charge is 2.31. The van der Waals surface area contributed by atoms with E-state index >= 15 is 0 Å². The van der Waals surface area contributed by atoms with Crippen molar-refractivity contribution in [1.82, 2.24) is 58.5 Å². The van der Waals surface area contributed by atoms with Crippen LogP contribution in [0, 0.1) is 0 Å². The Kier molecular flexibility index (Phi) is 14.1. The van der Waals surface area contributed by atoms with Gasteiger partial charge in [-0.25, -0.2) is 19.0 Å². The fourth-order valence-corrected chi connectivity index (χ4v) is 8.18. The van der Waals surface area contributed by atoms with E-state index in [4.69, 9.17) is 18.9 Å². The maximum Gasteiger partial charge on any atom is 0.387 e. The molecular formula is C51H42F4N14O8. The second-order valence-corrected chi connectivity index (χ2v) is 17.2. The normalized spacial score (nSPS) is 14.0. The van der Waals surface area contributed by atoms with E-state index in [9.17, 15) is 37.1 Å². The van der Waals surface area contributed by atoms with Crippen molar-refractivity contribution in [2.75, 3.05) is 10.6 Å². The van der Waals surface area contributed by atoms with Crippen molar-refractivity contribution in [2.24, 2.45) is 14.1 Å². The number of alkyl halides is 4. The summed E-state index contributed by atoms with van der Waals surface area (Å²) in [6, 6.07) is 18.3. The van der Waals surface area contributed by atoms with Crippen LogP contribution in [0.3, 0.4) is 0 Å². The van der Waals surface area contributed by atoms with Crippen molar-refractivity contribution in [2.45, 2.75) is 45.1 Å². The molecule has 1 saturated carbocycles. The third kappa shape index (κ3) is 11.1. The Morgan fingerprint density at radius 2 is 1.13 bits per heavy atom. The predicted molar refractivity (Wildman–Crippen MR) is 266 cm³/mol. The van der Waals surface area contributed by atoms with Crippen molar-refractivity contribution in [1.29, 1.82) is 0 Å². The minimum atomic E-state index is -3.09. The molecule has 7 heterocycles. The second-order valence-electron chi connectivity index (χ2n) is 17.2. The first-order valence-corrected chi connectivity index (χ1v) is 23.3. The zero-order valence-corrected chi connectivity index (χ0v) is 40.6. The van der Waals surface area contributed by atoms with E-state index < -0.39 is 31.1 Å². The second kappa shape index (κ2) is 21.5. The minimum absolute atomic E-state index is 0.0861. The molecule has 0 aliphatic heterocycles. The molecule has 7 aromatic heterocycles. The molecule has 22 nitrogen and oxygen atoms in total. The Balaban J connectivity index is 0.000000175. The molecule has 3 aromatic carbocycles. The lowest BCUT2D eigenvalue weighted by Gasteiger charge is -2.32. The summed E-state index contributed by atoms with van der Waals surface area (Å²) >= 11 is 0. The number of nitrogens with zero attached hydrogens (tertiary/aromatic N) is 12. The van der Waals surface area contributed by atoms with Crippen molar-refractivity contribution in [3.63, 3.8) is 0 Å². The molecule has 0 bridgehead atoms. The molecule has 3 N–H and O–H groups in total. The molecule has 11 rings (SSSR count). The van der Waals surface area contributed by atoms with Gasteiger partial charge in [-0.1, -0.05) is 0 Å². The van der Waals surface area contributed by atoms with Crippen LogP contribution < -0.4 is 29.6 Å². The number of amides is 2. The van der Waals surface area contributed by atoms with Gasteiger partial charge >= 0.3 is 13.2 Å². The summed E-state index contributed by atoms with van der Waals surface area (Å²) in [7, 11) is 3.26. The van der Waals surface area contributed by atoms with Gasteiger partial charge < -0.3 is 34.7 Å². The van der Waals surface area contributed by atoms with Gasteiger partial charge in [-0.05, 0) is 92.6 Å². The van der Waals surface area contributed by atoms with E-state index in [2.05, 4.69) is 46.1 Å². The number of aromatic nitrogens is 12. The number of aryl methyl sites for hydroxylation is 2. The number of benzene rings is 3. The number of carbonyl (C=O) groups excluding carboxylic acids is 3. The summed E-state index contributed by atoms with van der Waals surface area (Å²) in [6.45, 7) is -4.72. The van der Waals surface area contributed by atoms with Gasteiger partial charge in [0.05, 0.1) is 59.4 Å². The molecular weight excluding hydrogens is 1010 g/mol. The number of fused-ring (bicyclic) bond motifs is 2. The molecule has 1 aliphatic carbocycles. The van der Waals surface area contributed by atoms with Gasteiger partial charge in [0, 0.05) is 56.8 Å². The number of aliphatic hydroxyl groups is 1. The maximum absolute atomic E-state index is 13.3. The van der Waals surface area contributed by atoms with Crippen LogP contribution >= 0.6 is 0 Å². The van der Waals surface area contributed by atoms with Gasteiger partial charge in [0.1, 0.15) is 51.3 Å². The van der Waals surface area contributed by atoms with Crippen LogP contribution in [0.25, 0.3) is 33.8 Å². The van der Waals surface area contributed by atoms with E-state index in [0.717, 1.165) is 6.42 Å². The number of ketones is 1. The van der Waals surface area contributed by atoms with Gasteiger partial charge in [0.2, 0.25) is 0 Å². The zero-order valence-electron chi connectivity index (χ0n) is 40.6. The average Bonchev–Trinajstić information content (AvgIpc) is 4.26. The van der Waals surface area contributed by atoms with Crippen molar-refractivity contribution in [3.8, 4) is 57.0 Å². The quantitative estimate of drug-likeness (QED) is 0.0605. The van der Waals surface area contributed by atoms with E-state index in [-0.39, 0.29) is 68.3 Å². The fourth-order valence-electron chi connectivity index (χ4n) is 8.18. The van der Waals surface area contributed by atoms with E-state index in [1.807, 2.05) is 0 Å². The molecule has 0 radical (unpaired) electrons. The van der Waals surface area contributed by atoms with E-state index in [1.165, 1.54) is 92.7 Å². The van der Waals surface area contributed by atoms with E-state index in [0.29, 0.717) is 46.3 Å². The largest absolute Gasteiger partial charge is 0.457 e. The smallest absolute Gasteiger partial charge is 0.387 e. The van der Waals surface area contributed by atoms with Gasteiger partial charge in [-0.3, -0.25) is 28.4 Å². The van der Waals surface area contributed by atoms with E-state index in [1.54, 1.807) is 86.2 Å². The Labute approximate surface area is 432 Å². The maximum atomic E-state index is 13.3. The minimum Gasteiger partial charge on any atom is -0.457 e. The van der Waals surface area contributed by atoms with Crippen molar-refractivity contribution in [3.05, 3.63) is 151 Å². The number of anilines is 2. The summed E-state index contributed by atoms with van der Waals surface area (Å²) in [5, 5.41) is 36.7. The topological polar surface area (TPSA) is 246 Å².